The molecular formula is C19H31NO. The van der Waals surface area contributed by atoms with Crippen LogP contribution in [-0.2, 0) is 11.2 Å². The molecule has 0 heterocycles. The van der Waals surface area contributed by atoms with Crippen LogP contribution in [0.25, 0.3) is 0 Å². The maximum Gasteiger partial charge on any atom is 0.0467 e. The van der Waals surface area contributed by atoms with Crippen molar-refractivity contribution in [1.82, 2.24) is 5.32 Å². The van der Waals surface area contributed by atoms with Crippen molar-refractivity contribution in [3.8, 4) is 0 Å². The quantitative estimate of drug-likeness (QED) is 0.840. The molecule has 2 nitrogen and oxygen atoms in total. The van der Waals surface area contributed by atoms with Crippen LogP contribution in [0.4, 0.5) is 0 Å². The summed E-state index contributed by atoms with van der Waals surface area (Å²) < 4.78 is 5.24. The van der Waals surface area contributed by atoms with Gasteiger partial charge in [0.25, 0.3) is 0 Å². The minimum atomic E-state index is 0.262. The van der Waals surface area contributed by atoms with Gasteiger partial charge >= 0.3 is 0 Å². The average Bonchev–Trinajstić information content (AvgIpc) is 2.43. The van der Waals surface area contributed by atoms with E-state index in [9.17, 15) is 0 Å². The third-order valence-corrected chi connectivity index (χ3v) is 4.95. The molecule has 0 spiro atoms. The van der Waals surface area contributed by atoms with Crippen LogP contribution >= 0.6 is 0 Å². The van der Waals surface area contributed by atoms with E-state index in [4.69, 9.17) is 4.74 Å². The molecule has 1 N–H and O–H groups in total. The summed E-state index contributed by atoms with van der Waals surface area (Å²) in [5.41, 5.74) is 3.59. The van der Waals surface area contributed by atoms with Crippen molar-refractivity contribution in [2.75, 3.05) is 20.3 Å². The molecule has 0 fully saturated rings. The molecule has 0 amide bonds. The first-order chi connectivity index (χ1) is 9.86. The van der Waals surface area contributed by atoms with Gasteiger partial charge in [-0.15, -0.1) is 0 Å². The Hall–Kier alpha value is -0.860. The van der Waals surface area contributed by atoms with Crippen LogP contribution in [0.1, 0.15) is 57.7 Å². The van der Waals surface area contributed by atoms with Gasteiger partial charge in [0.05, 0.1) is 0 Å². The Kier molecular flexibility index (Phi) is 5.11. The lowest BCUT2D eigenvalue weighted by Gasteiger charge is -2.42. The third kappa shape index (κ3) is 4.08. The lowest BCUT2D eigenvalue weighted by Crippen LogP contribution is -2.42. The minimum absolute atomic E-state index is 0.262. The van der Waals surface area contributed by atoms with Crippen molar-refractivity contribution in [1.29, 1.82) is 0 Å². The molecule has 0 saturated carbocycles. The van der Waals surface area contributed by atoms with E-state index in [0.29, 0.717) is 11.5 Å². The molecule has 2 heteroatoms. The Balaban J connectivity index is 2.10. The van der Waals surface area contributed by atoms with E-state index in [0.717, 1.165) is 19.6 Å². The van der Waals surface area contributed by atoms with Crippen molar-refractivity contribution >= 4 is 0 Å². The van der Waals surface area contributed by atoms with Crippen LogP contribution in [0.5, 0.6) is 0 Å². The van der Waals surface area contributed by atoms with Gasteiger partial charge in [-0.05, 0) is 41.2 Å². The first-order valence-corrected chi connectivity index (χ1v) is 8.16. The lowest BCUT2D eigenvalue weighted by molar-refractivity contribution is 0.136. The van der Waals surface area contributed by atoms with E-state index in [-0.39, 0.29) is 5.41 Å². The van der Waals surface area contributed by atoms with E-state index in [1.54, 1.807) is 7.11 Å². The number of hydrogen-bond donors (Lipinski definition) is 1. The number of hydrogen-bond acceptors (Lipinski definition) is 2. The van der Waals surface area contributed by atoms with Crippen LogP contribution < -0.4 is 5.32 Å². The molecule has 118 valence electrons. The van der Waals surface area contributed by atoms with Gasteiger partial charge in [-0.25, -0.2) is 0 Å². The van der Waals surface area contributed by atoms with Gasteiger partial charge in [0.15, 0.2) is 0 Å². The summed E-state index contributed by atoms with van der Waals surface area (Å²) in [6.45, 7) is 11.3. The monoisotopic (exact) mass is 289 g/mol. The minimum Gasteiger partial charge on any atom is -0.385 e. The van der Waals surface area contributed by atoms with Crippen molar-refractivity contribution in [3.05, 3.63) is 35.4 Å². The largest absolute Gasteiger partial charge is 0.385 e. The number of aryl methyl sites for hydroxylation is 1. The Morgan fingerprint density at radius 1 is 1.29 bits per heavy atom. The molecule has 1 aliphatic rings. The Labute approximate surface area is 130 Å². The van der Waals surface area contributed by atoms with Gasteiger partial charge in [-0.1, -0.05) is 52.0 Å². The fourth-order valence-corrected chi connectivity index (χ4v) is 3.30. The van der Waals surface area contributed by atoms with E-state index >= 15 is 0 Å². The van der Waals surface area contributed by atoms with Crippen LogP contribution in [0, 0.1) is 10.8 Å². The second-order valence-electron chi connectivity index (χ2n) is 7.91. The zero-order valence-corrected chi connectivity index (χ0v) is 14.3. The molecule has 1 aromatic rings. The first-order valence-electron chi connectivity index (χ1n) is 8.16. The number of rotatable bonds is 6. The first kappa shape index (κ1) is 16.5. The number of benzene rings is 1. The second kappa shape index (κ2) is 6.50. The van der Waals surface area contributed by atoms with Crippen LogP contribution in [-0.4, -0.2) is 20.3 Å². The van der Waals surface area contributed by atoms with Crippen LogP contribution in [0.15, 0.2) is 24.3 Å². The van der Waals surface area contributed by atoms with Crippen molar-refractivity contribution < 1.29 is 4.74 Å². The van der Waals surface area contributed by atoms with E-state index in [1.807, 2.05) is 0 Å². The summed E-state index contributed by atoms with van der Waals surface area (Å²) in [7, 11) is 1.78. The van der Waals surface area contributed by atoms with Crippen LogP contribution in [0.3, 0.4) is 0 Å². The summed E-state index contributed by atoms with van der Waals surface area (Å²) >= 11 is 0. The third-order valence-electron chi connectivity index (χ3n) is 4.95. The molecule has 0 radical (unpaired) electrons. The van der Waals surface area contributed by atoms with Gasteiger partial charge in [-0.3, -0.25) is 0 Å². The van der Waals surface area contributed by atoms with Gasteiger partial charge in [0, 0.05) is 26.3 Å². The number of fused-ring (bicyclic) bond motifs is 1. The molecule has 21 heavy (non-hydrogen) atoms. The SMILES string of the molecule is COCCC(C)(C)CNC1c2ccccc2CCC1(C)C. The average molecular weight is 289 g/mol. The fourth-order valence-electron chi connectivity index (χ4n) is 3.30. The van der Waals surface area contributed by atoms with E-state index in [2.05, 4.69) is 57.3 Å². The predicted molar refractivity (Wildman–Crippen MR) is 89.6 cm³/mol. The van der Waals surface area contributed by atoms with Crippen LogP contribution in [0.2, 0.25) is 0 Å². The van der Waals surface area contributed by atoms with Gasteiger partial charge in [0.2, 0.25) is 0 Å². The molecule has 0 aliphatic heterocycles. The molecule has 1 unspecified atom stereocenters. The summed E-state index contributed by atoms with van der Waals surface area (Å²) in [4.78, 5) is 0. The Bertz CT molecular complexity index is 464. The zero-order valence-electron chi connectivity index (χ0n) is 14.3. The van der Waals surface area contributed by atoms with Crippen molar-refractivity contribution in [2.45, 2.75) is 53.0 Å². The van der Waals surface area contributed by atoms with Gasteiger partial charge < -0.3 is 10.1 Å². The maximum absolute atomic E-state index is 5.24. The highest BCUT2D eigenvalue weighted by molar-refractivity contribution is 5.34. The van der Waals surface area contributed by atoms with Crippen molar-refractivity contribution in [2.24, 2.45) is 10.8 Å². The molecule has 1 atom stereocenters. The highest BCUT2D eigenvalue weighted by atomic mass is 16.5. The van der Waals surface area contributed by atoms with E-state index < -0.39 is 0 Å². The Morgan fingerprint density at radius 3 is 2.71 bits per heavy atom. The van der Waals surface area contributed by atoms with Gasteiger partial charge in [-0.2, -0.15) is 0 Å². The van der Waals surface area contributed by atoms with Crippen molar-refractivity contribution in [3.63, 3.8) is 0 Å². The number of ether oxygens (including phenoxy) is 1. The smallest absolute Gasteiger partial charge is 0.0467 e. The highest BCUT2D eigenvalue weighted by Gasteiger charge is 2.36. The predicted octanol–water partition coefficient (Wildman–Crippen LogP) is 4.35. The molecule has 0 aromatic heterocycles. The molecule has 1 aliphatic carbocycles. The summed E-state index contributed by atoms with van der Waals surface area (Å²) in [6.07, 6.45) is 3.54. The summed E-state index contributed by atoms with van der Waals surface area (Å²) in [6, 6.07) is 9.37. The highest BCUT2D eigenvalue weighted by Crippen LogP contribution is 2.43. The topological polar surface area (TPSA) is 21.3 Å². The Morgan fingerprint density at radius 2 is 2.00 bits per heavy atom. The zero-order chi connectivity index (χ0) is 15.5. The molecular weight excluding hydrogens is 258 g/mol. The molecule has 0 bridgehead atoms. The lowest BCUT2D eigenvalue weighted by atomic mass is 9.70. The fraction of sp³-hybridized carbons (Fsp3) is 0.684. The maximum atomic E-state index is 5.24. The molecule has 1 aromatic carbocycles. The standard InChI is InChI=1S/C19H31NO/c1-18(2,12-13-21-5)14-20-17-16-9-7-6-8-15(16)10-11-19(17,3)4/h6-9,17,20H,10-14H2,1-5H3. The number of methoxy groups -OCH3 is 1. The van der Waals surface area contributed by atoms with E-state index in [1.165, 1.54) is 24.0 Å². The molecule has 2 rings (SSSR count). The molecule has 0 saturated heterocycles. The summed E-state index contributed by atoms with van der Waals surface area (Å²) in [5, 5.41) is 3.86. The van der Waals surface area contributed by atoms with Gasteiger partial charge in [0.1, 0.15) is 0 Å². The summed E-state index contributed by atoms with van der Waals surface area (Å²) in [5.74, 6) is 0. The number of nitrogens with one attached hydrogen (secondary N) is 1. The normalized spacial score (nSPS) is 21.1. The second-order valence-corrected chi connectivity index (χ2v) is 7.91.